The first-order chi connectivity index (χ1) is 11.6. The fourth-order valence-corrected chi connectivity index (χ4v) is 1.97. The second-order valence-electron chi connectivity index (χ2n) is 4.76. The van der Waals surface area contributed by atoms with E-state index in [0.717, 1.165) is 16.8 Å². The molecule has 0 aliphatic carbocycles. The molecule has 0 bridgehead atoms. The van der Waals surface area contributed by atoms with Crippen molar-refractivity contribution in [3.05, 3.63) is 71.8 Å². The van der Waals surface area contributed by atoms with Crippen molar-refractivity contribution in [2.45, 2.75) is 0 Å². The molecule has 6 nitrogen and oxygen atoms in total. The Morgan fingerprint density at radius 1 is 1.17 bits per heavy atom. The summed E-state index contributed by atoms with van der Waals surface area (Å²) in [7, 11) is 0. The fraction of sp³-hybridized carbons (Fsp3) is 0. The summed E-state index contributed by atoms with van der Waals surface area (Å²) in [5, 5.41) is 15.3. The van der Waals surface area contributed by atoms with Crippen molar-refractivity contribution < 1.29 is 13.6 Å². The van der Waals surface area contributed by atoms with E-state index in [0.29, 0.717) is 11.3 Å². The standard InChI is InChI=1S/C16H9F2N5O/c17-13-5-4-12(7-14(13)18)23-9-20-15(22-23)16(24)21-11-3-1-2-10(6-11)8-19/h1-7,9H,(H,21,24). The van der Waals surface area contributed by atoms with Gasteiger partial charge in [-0.2, -0.15) is 5.26 Å². The normalized spacial score (nSPS) is 10.2. The minimum Gasteiger partial charge on any atom is -0.319 e. The lowest BCUT2D eigenvalue weighted by atomic mass is 10.2. The van der Waals surface area contributed by atoms with E-state index < -0.39 is 17.5 Å². The Balaban J connectivity index is 1.80. The third-order valence-electron chi connectivity index (χ3n) is 3.11. The summed E-state index contributed by atoms with van der Waals surface area (Å²) >= 11 is 0. The molecule has 0 spiro atoms. The second-order valence-corrected chi connectivity index (χ2v) is 4.76. The summed E-state index contributed by atoms with van der Waals surface area (Å²) in [5.74, 6) is -2.75. The zero-order valence-electron chi connectivity index (χ0n) is 12.1. The molecule has 118 valence electrons. The number of hydrogen-bond donors (Lipinski definition) is 1. The van der Waals surface area contributed by atoms with Crippen LogP contribution >= 0.6 is 0 Å². The van der Waals surface area contributed by atoms with Crippen LogP contribution in [0.5, 0.6) is 0 Å². The van der Waals surface area contributed by atoms with Crippen LogP contribution in [0.3, 0.4) is 0 Å². The molecular weight excluding hydrogens is 316 g/mol. The van der Waals surface area contributed by atoms with Gasteiger partial charge in [0.15, 0.2) is 11.6 Å². The Kier molecular flexibility index (Phi) is 3.99. The number of benzene rings is 2. The van der Waals surface area contributed by atoms with Crippen molar-refractivity contribution in [2.75, 3.05) is 5.32 Å². The summed E-state index contributed by atoms with van der Waals surface area (Å²) in [6, 6.07) is 11.5. The minimum atomic E-state index is -1.03. The van der Waals surface area contributed by atoms with Crippen molar-refractivity contribution in [3.8, 4) is 11.8 Å². The van der Waals surface area contributed by atoms with Crippen molar-refractivity contribution in [1.29, 1.82) is 5.26 Å². The molecular formula is C16H9F2N5O. The molecule has 2 aromatic carbocycles. The lowest BCUT2D eigenvalue weighted by Crippen LogP contribution is -2.14. The van der Waals surface area contributed by atoms with E-state index in [1.165, 1.54) is 18.5 Å². The van der Waals surface area contributed by atoms with Gasteiger partial charge in [-0.3, -0.25) is 4.79 Å². The van der Waals surface area contributed by atoms with E-state index in [1.807, 2.05) is 6.07 Å². The van der Waals surface area contributed by atoms with E-state index in [2.05, 4.69) is 15.4 Å². The van der Waals surface area contributed by atoms with Crippen LogP contribution in [0.25, 0.3) is 5.69 Å². The SMILES string of the molecule is N#Cc1cccc(NC(=O)c2ncn(-c3ccc(F)c(F)c3)n2)c1. The molecule has 0 saturated heterocycles. The van der Waals surface area contributed by atoms with Crippen molar-refractivity contribution in [1.82, 2.24) is 14.8 Å². The first-order valence-electron chi connectivity index (χ1n) is 6.75. The Hall–Kier alpha value is -3.60. The van der Waals surface area contributed by atoms with E-state index in [-0.39, 0.29) is 11.5 Å². The number of rotatable bonds is 3. The molecule has 0 atom stereocenters. The molecule has 24 heavy (non-hydrogen) atoms. The van der Waals surface area contributed by atoms with Gasteiger partial charge in [0.25, 0.3) is 5.91 Å². The quantitative estimate of drug-likeness (QED) is 0.802. The molecule has 8 heteroatoms. The zero-order chi connectivity index (χ0) is 17.1. The monoisotopic (exact) mass is 325 g/mol. The van der Waals surface area contributed by atoms with Crippen LogP contribution in [0.15, 0.2) is 48.8 Å². The van der Waals surface area contributed by atoms with Gasteiger partial charge in [-0.25, -0.2) is 18.4 Å². The average Bonchev–Trinajstić information content (AvgIpc) is 3.08. The predicted octanol–water partition coefficient (Wildman–Crippen LogP) is 2.67. The maximum absolute atomic E-state index is 13.2. The lowest BCUT2D eigenvalue weighted by molar-refractivity contribution is 0.101. The first kappa shape index (κ1) is 15.3. The van der Waals surface area contributed by atoms with Crippen LogP contribution in [0, 0.1) is 23.0 Å². The van der Waals surface area contributed by atoms with E-state index in [4.69, 9.17) is 5.26 Å². The van der Waals surface area contributed by atoms with Crippen LogP contribution in [0.4, 0.5) is 14.5 Å². The largest absolute Gasteiger partial charge is 0.319 e. The number of nitrogens with zero attached hydrogens (tertiary/aromatic N) is 4. The lowest BCUT2D eigenvalue weighted by Gasteiger charge is -2.03. The topological polar surface area (TPSA) is 83.6 Å². The molecule has 0 radical (unpaired) electrons. The number of nitriles is 1. The summed E-state index contributed by atoms with van der Waals surface area (Å²) in [6.45, 7) is 0. The second kappa shape index (κ2) is 6.26. The highest BCUT2D eigenvalue weighted by Crippen LogP contribution is 2.13. The Labute approximate surface area is 135 Å². The highest BCUT2D eigenvalue weighted by atomic mass is 19.2. The number of nitrogens with one attached hydrogen (secondary N) is 1. The Morgan fingerprint density at radius 3 is 2.75 bits per heavy atom. The van der Waals surface area contributed by atoms with Gasteiger partial charge in [0.2, 0.25) is 5.82 Å². The molecule has 0 saturated carbocycles. The van der Waals surface area contributed by atoms with Gasteiger partial charge in [-0.05, 0) is 30.3 Å². The fourth-order valence-electron chi connectivity index (χ4n) is 1.97. The van der Waals surface area contributed by atoms with Crippen LogP contribution < -0.4 is 5.32 Å². The molecule has 1 aromatic heterocycles. The molecule has 1 N–H and O–H groups in total. The Bertz CT molecular complexity index is 961. The number of amides is 1. The summed E-state index contributed by atoms with van der Waals surface area (Å²) in [5.41, 5.74) is 1.04. The van der Waals surface area contributed by atoms with Gasteiger partial charge < -0.3 is 5.32 Å². The average molecular weight is 325 g/mol. The smallest absolute Gasteiger partial charge is 0.295 e. The number of aromatic nitrogens is 3. The van der Waals surface area contributed by atoms with Crippen molar-refractivity contribution >= 4 is 11.6 Å². The molecule has 3 rings (SSSR count). The maximum atomic E-state index is 13.2. The van der Waals surface area contributed by atoms with Crippen molar-refractivity contribution in [3.63, 3.8) is 0 Å². The molecule has 3 aromatic rings. The molecule has 1 amide bonds. The summed E-state index contributed by atoms with van der Waals surface area (Å²) in [6.07, 6.45) is 1.22. The zero-order valence-corrected chi connectivity index (χ0v) is 12.1. The summed E-state index contributed by atoms with van der Waals surface area (Å²) in [4.78, 5) is 16.0. The highest BCUT2D eigenvalue weighted by Gasteiger charge is 2.13. The maximum Gasteiger partial charge on any atom is 0.295 e. The predicted molar refractivity (Wildman–Crippen MR) is 80.4 cm³/mol. The highest BCUT2D eigenvalue weighted by molar-refractivity contribution is 6.01. The molecule has 0 fully saturated rings. The van der Waals surface area contributed by atoms with Crippen LogP contribution in [0.2, 0.25) is 0 Å². The van der Waals surface area contributed by atoms with Gasteiger partial charge >= 0.3 is 0 Å². The molecule has 0 aliphatic heterocycles. The summed E-state index contributed by atoms with van der Waals surface area (Å²) < 4.78 is 27.3. The van der Waals surface area contributed by atoms with Gasteiger partial charge in [0.1, 0.15) is 6.33 Å². The molecule has 1 heterocycles. The number of halogens is 2. The van der Waals surface area contributed by atoms with Gasteiger partial charge in [-0.15, -0.1) is 5.10 Å². The van der Waals surface area contributed by atoms with Gasteiger partial charge in [0, 0.05) is 11.8 Å². The van der Waals surface area contributed by atoms with E-state index in [1.54, 1.807) is 18.2 Å². The molecule has 0 unspecified atom stereocenters. The minimum absolute atomic E-state index is 0.151. The van der Waals surface area contributed by atoms with Crippen molar-refractivity contribution in [2.24, 2.45) is 0 Å². The number of anilines is 1. The van der Waals surface area contributed by atoms with E-state index >= 15 is 0 Å². The Morgan fingerprint density at radius 2 is 2.00 bits per heavy atom. The third-order valence-corrected chi connectivity index (χ3v) is 3.11. The van der Waals surface area contributed by atoms with Gasteiger partial charge in [-0.1, -0.05) is 6.07 Å². The van der Waals surface area contributed by atoms with Crippen LogP contribution in [0.1, 0.15) is 16.2 Å². The van der Waals surface area contributed by atoms with Gasteiger partial charge in [0.05, 0.1) is 17.3 Å². The van der Waals surface area contributed by atoms with Crippen LogP contribution in [-0.4, -0.2) is 20.7 Å². The number of carbonyl (C=O) groups excluding carboxylic acids is 1. The third kappa shape index (κ3) is 3.10. The number of carbonyl (C=O) groups is 1. The van der Waals surface area contributed by atoms with E-state index in [9.17, 15) is 13.6 Å². The number of hydrogen-bond acceptors (Lipinski definition) is 4. The first-order valence-corrected chi connectivity index (χ1v) is 6.75. The molecule has 0 aliphatic rings. The van der Waals surface area contributed by atoms with Crippen LogP contribution in [-0.2, 0) is 0 Å².